The van der Waals surface area contributed by atoms with Crippen molar-refractivity contribution in [1.29, 1.82) is 5.26 Å². The van der Waals surface area contributed by atoms with Crippen molar-refractivity contribution in [3.63, 3.8) is 0 Å². The second-order valence-electron chi connectivity index (χ2n) is 6.12. The average Bonchev–Trinajstić information content (AvgIpc) is 2.93. The van der Waals surface area contributed by atoms with Crippen LogP contribution in [0.4, 0.5) is 10.1 Å². The van der Waals surface area contributed by atoms with Gasteiger partial charge in [-0.15, -0.1) is 0 Å². The van der Waals surface area contributed by atoms with Gasteiger partial charge in [0.05, 0.1) is 22.3 Å². The molecule has 0 bridgehead atoms. The summed E-state index contributed by atoms with van der Waals surface area (Å²) < 4.78 is 15.4. The summed E-state index contributed by atoms with van der Waals surface area (Å²) in [5.41, 5.74) is 4.01. The smallest absolute Gasteiger partial charge is 0.271 e. The molecule has 3 aromatic rings. The Morgan fingerprint density at radius 2 is 1.93 bits per heavy atom. The lowest BCUT2D eigenvalue weighted by molar-refractivity contribution is -0.384. The Hall–Kier alpha value is -3.72. The van der Waals surface area contributed by atoms with Crippen molar-refractivity contribution < 1.29 is 9.31 Å². The minimum Gasteiger partial charge on any atom is -0.318 e. The fourth-order valence-corrected chi connectivity index (χ4v) is 3.07. The van der Waals surface area contributed by atoms with Gasteiger partial charge in [0.15, 0.2) is 0 Å². The van der Waals surface area contributed by atoms with Gasteiger partial charge in [0.1, 0.15) is 5.82 Å². The van der Waals surface area contributed by atoms with Gasteiger partial charge in [0, 0.05) is 23.5 Å². The molecule has 2 aromatic carbocycles. The number of benzene rings is 2. The van der Waals surface area contributed by atoms with Crippen LogP contribution in [0, 0.1) is 41.1 Å². The van der Waals surface area contributed by atoms with Crippen LogP contribution >= 0.6 is 0 Å². The van der Waals surface area contributed by atoms with Crippen molar-refractivity contribution in [2.24, 2.45) is 0 Å². The Morgan fingerprint density at radius 3 is 2.59 bits per heavy atom. The molecule has 0 amide bonds. The number of allylic oxidation sites excluding steroid dienone is 1. The number of non-ortho nitro benzene ring substituents is 1. The summed E-state index contributed by atoms with van der Waals surface area (Å²) in [5.74, 6) is -0.407. The van der Waals surface area contributed by atoms with Crippen molar-refractivity contribution in [3.05, 3.63) is 93.0 Å². The molecule has 5 nitrogen and oxygen atoms in total. The summed E-state index contributed by atoms with van der Waals surface area (Å²) in [4.78, 5) is 10.6. The SMILES string of the molecule is Cc1cc(/C=C(/C#N)c2cccc(F)c2)c(C)n1-c1cccc([N+](=O)[O-])c1. The number of hydrogen-bond donors (Lipinski definition) is 0. The van der Waals surface area contributed by atoms with E-state index in [9.17, 15) is 19.8 Å². The van der Waals surface area contributed by atoms with Gasteiger partial charge < -0.3 is 4.57 Å². The van der Waals surface area contributed by atoms with Gasteiger partial charge in [-0.1, -0.05) is 18.2 Å². The molecular weight excluding hydrogens is 345 g/mol. The molecule has 0 aliphatic rings. The second-order valence-corrected chi connectivity index (χ2v) is 6.12. The van der Waals surface area contributed by atoms with E-state index in [1.807, 2.05) is 24.5 Å². The maximum Gasteiger partial charge on any atom is 0.271 e. The first kappa shape index (κ1) is 18.1. The molecule has 0 saturated heterocycles. The first-order valence-corrected chi connectivity index (χ1v) is 8.22. The summed E-state index contributed by atoms with van der Waals surface area (Å²) >= 11 is 0. The number of nitro groups is 1. The number of aryl methyl sites for hydroxylation is 1. The third-order valence-corrected chi connectivity index (χ3v) is 4.32. The molecule has 0 spiro atoms. The average molecular weight is 361 g/mol. The molecule has 0 radical (unpaired) electrons. The first-order valence-electron chi connectivity index (χ1n) is 8.22. The van der Waals surface area contributed by atoms with Crippen LogP contribution in [-0.4, -0.2) is 9.49 Å². The number of halogens is 1. The minimum atomic E-state index is -0.434. The highest BCUT2D eigenvalue weighted by Crippen LogP contribution is 2.27. The highest BCUT2D eigenvalue weighted by atomic mass is 19.1. The van der Waals surface area contributed by atoms with Crippen LogP contribution in [0.25, 0.3) is 17.3 Å². The zero-order chi connectivity index (χ0) is 19.6. The van der Waals surface area contributed by atoms with Gasteiger partial charge in [0.2, 0.25) is 0 Å². The van der Waals surface area contributed by atoms with Crippen molar-refractivity contribution in [1.82, 2.24) is 4.57 Å². The van der Waals surface area contributed by atoms with Crippen molar-refractivity contribution in [2.75, 3.05) is 0 Å². The van der Waals surface area contributed by atoms with E-state index >= 15 is 0 Å². The van der Waals surface area contributed by atoms with Crippen molar-refractivity contribution in [2.45, 2.75) is 13.8 Å². The Morgan fingerprint density at radius 1 is 1.19 bits per heavy atom. The summed E-state index contributed by atoms with van der Waals surface area (Å²) in [7, 11) is 0. The monoisotopic (exact) mass is 361 g/mol. The quantitative estimate of drug-likeness (QED) is 0.364. The summed E-state index contributed by atoms with van der Waals surface area (Å²) in [6.45, 7) is 3.76. The van der Waals surface area contributed by atoms with Gasteiger partial charge >= 0.3 is 0 Å². The molecule has 0 aliphatic carbocycles. The highest BCUT2D eigenvalue weighted by molar-refractivity contribution is 5.90. The third kappa shape index (κ3) is 3.62. The highest BCUT2D eigenvalue weighted by Gasteiger charge is 2.13. The second kappa shape index (κ2) is 7.26. The van der Waals surface area contributed by atoms with E-state index in [1.54, 1.807) is 30.3 Å². The first-order chi connectivity index (χ1) is 12.9. The van der Waals surface area contributed by atoms with Crippen LogP contribution in [-0.2, 0) is 0 Å². The lowest BCUT2D eigenvalue weighted by Gasteiger charge is -2.09. The minimum absolute atomic E-state index is 0.00886. The van der Waals surface area contributed by atoms with E-state index in [0.29, 0.717) is 16.8 Å². The molecule has 0 fully saturated rings. The number of nitrogens with zero attached hydrogens (tertiary/aromatic N) is 3. The van der Waals surface area contributed by atoms with Gasteiger partial charge in [-0.25, -0.2) is 4.39 Å². The Bertz CT molecular complexity index is 1110. The van der Waals surface area contributed by atoms with Crippen molar-refractivity contribution >= 4 is 17.3 Å². The molecule has 134 valence electrons. The van der Waals surface area contributed by atoms with Crippen LogP contribution < -0.4 is 0 Å². The molecular formula is C21H16FN3O2. The van der Waals surface area contributed by atoms with Crippen LogP contribution in [0.15, 0.2) is 54.6 Å². The van der Waals surface area contributed by atoms with Gasteiger partial charge in [-0.2, -0.15) is 5.26 Å². The molecule has 0 unspecified atom stereocenters. The molecule has 1 heterocycles. The fourth-order valence-electron chi connectivity index (χ4n) is 3.07. The normalized spacial score (nSPS) is 11.3. The largest absolute Gasteiger partial charge is 0.318 e. The van der Waals surface area contributed by atoms with Crippen LogP contribution in [0.3, 0.4) is 0 Å². The number of rotatable bonds is 4. The zero-order valence-corrected chi connectivity index (χ0v) is 14.8. The number of aromatic nitrogens is 1. The van der Waals surface area contributed by atoms with E-state index < -0.39 is 10.7 Å². The predicted octanol–water partition coefficient (Wildman–Crippen LogP) is 5.21. The third-order valence-electron chi connectivity index (χ3n) is 4.32. The number of nitriles is 1. The van der Waals surface area contributed by atoms with E-state index in [0.717, 1.165) is 17.0 Å². The number of nitro benzene ring substituents is 1. The molecule has 0 atom stereocenters. The van der Waals surface area contributed by atoms with Crippen LogP contribution in [0.5, 0.6) is 0 Å². The Labute approximate surface area is 155 Å². The Kier molecular flexibility index (Phi) is 4.86. The lowest BCUT2D eigenvalue weighted by atomic mass is 10.0. The zero-order valence-electron chi connectivity index (χ0n) is 14.8. The maximum atomic E-state index is 13.5. The van der Waals surface area contributed by atoms with Crippen molar-refractivity contribution in [3.8, 4) is 11.8 Å². The molecule has 27 heavy (non-hydrogen) atoms. The predicted molar refractivity (Wildman–Crippen MR) is 102 cm³/mol. The Balaban J connectivity index is 2.10. The van der Waals surface area contributed by atoms with E-state index in [2.05, 4.69) is 6.07 Å². The van der Waals surface area contributed by atoms with Gasteiger partial charge in [0.25, 0.3) is 5.69 Å². The summed E-state index contributed by atoms with van der Waals surface area (Å²) in [5, 5.41) is 20.5. The van der Waals surface area contributed by atoms with E-state index in [4.69, 9.17) is 0 Å². The molecule has 0 saturated carbocycles. The maximum absolute atomic E-state index is 13.5. The lowest BCUT2D eigenvalue weighted by Crippen LogP contribution is -2.00. The van der Waals surface area contributed by atoms with Gasteiger partial charge in [-0.3, -0.25) is 10.1 Å². The van der Waals surface area contributed by atoms with E-state index in [1.165, 1.54) is 24.3 Å². The fraction of sp³-hybridized carbons (Fsp3) is 0.0952. The van der Waals surface area contributed by atoms with Crippen LogP contribution in [0.1, 0.15) is 22.5 Å². The van der Waals surface area contributed by atoms with Crippen LogP contribution in [0.2, 0.25) is 0 Å². The number of hydrogen-bond acceptors (Lipinski definition) is 3. The standard InChI is InChI=1S/C21H16FN3O2/c1-14-9-17(10-18(13-23)16-5-3-6-19(22)11-16)15(2)24(14)20-7-4-8-21(12-20)25(26)27/h3-12H,1-2H3/b18-10-. The topological polar surface area (TPSA) is 71.9 Å². The molecule has 0 aliphatic heterocycles. The molecule has 6 heteroatoms. The molecule has 0 N–H and O–H groups in total. The van der Waals surface area contributed by atoms with E-state index in [-0.39, 0.29) is 5.69 Å². The summed E-state index contributed by atoms with van der Waals surface area (Å²) in [6.07, 6.45) is 1.70. The molecule has 3 rings (SSSR count). The summed E-state index contributed by atoms with van der Waals surface area (Å²) in [6, 6.07) is 16.3. The molecule has 1 aromatic heterocycles. The van der Waals surface area contributed by atoms with Gasteiger partial charge in [-0.05, 0) is 55.3 Å².